The lowest BCUT2D eigenvalue weighted by molar-refractivity contribution is -0.138. The maximum atomic E-state index is 12.2. The molecule has 0 radical (unpaired) electrons. The molecule has 0 spiro atoms. The Morgan fingerprint density at radius 3 is 3.06 bits per heavy atom. The maximum Gasteiger partial charge on any atom is 0.305 e. The minimum Gasteiger partial charge on any atom is -0.481 e. The molecule has 18 heavy (non-hydrogen) atoms. The van der Waals surface area contributed by atoms with Gasteiger partial charge in [0.1, 0.15) is 5.69 Å². The zero-order chi connectivity index (χ0) is 13.1. The van der Waals surface area contributed by atoms with Gasteiger partial charge in [-0.25, -0.2) is 0 Å². The van der Waals surface area contributed by atoms with Crippen LogP contribution in [0.3, 0.4) is 0 Å². The maximum absolute atomic E-state index is 12.2. The van der Waals surface area contributed by atoms with Crippen LogP contribution < -0.4 is 0 Å². The molecule has 1 aromatic heterocycles. The number of amides is 1. The first-order valence-electron chi connectivity index (χ1n) is 5.70. The van der Waals surface area contributed by atoms with Gasteiger partial charge in [0.15, 0.2) is 0 Å². The predicted molar refractivity (Wildman–Crippen MR) is 67.7 cm³/mol. The van der Waals surface area contributed by atoms with Gasteiger partial charge in [-0.1, -0.05) is 0 Å². The van der Waals surface area contributed by atoms with E-state index in [4.69, 9.17) is 5.11 Å². The molecule has 1 fully saturated rings. The summed E-state index contributed by atoms with van der Waals surface area (Å²) < 4.78 is 0. The second kappa shape index (κ2) is 5.43. The Bertz CT molecular complexity index is 460. The number of aromatic nitrogens is 2. The number of aliphatic carboxylic acids is 1. The van der Waals surface area contributed by atoms with E-state index in [0.717, 1.165) is 11.4 Å². The Morgan fingerprint density at radius 2 is 2.44 bits per heavy atom. The van der Waals surface area contributed by atoms with Crippen molar-refractivity contribution < 1.29 is 14.7 Å². The summed E-state index contributed by atoms with van der Waals surface area (Å²) in [4.78, 5) is 24.7. The first kappa shape index (κ1) is 12.9. The van der Waals surface area contributed by atoms with Crippen molar-refractivity contribution in [2.45, 2.75) is 19.4 Å². The third kappa shape index (κ3) is 2.84. The number of aromatic amines is 1. The monoisotopic (exact) mass is 269 g/mol. The Hall–Kier alpha value is -1.50. The molecule has 1 saturated heterocycles. The van der Waals surface area contributed by atoms with E-state index in [9.17, 15) is 9.59 Å². The predicted octanol–water partition coefficient (Wildman–Crippen LogP) is 0.750. The number of hydrogen-bond acceptors (Lipinski definition) is 4. The Labute approximate surface area is 109 Å². The first-order valence-corrected chi connectivity index (χ1v) is 6.86. The van der Waals surface area contributed by atoms with Crippen molar-refractivity contribution in [3.63, 3.8) is 0 Å². The summed E-state index contributed by atoms with van der Waals surface area (Å²) in [7, 11) is 0. The van der Waals surface area contributed by atoms with Crippen LogP contribution in [-0.4, -0.2) is 56.2 Å². The van der Waals surface area contributed by atoms with Crippen LogP contribution >= 0.6 is 11.8 Å². The summed E-state index contributed by atoms with van der Waals surface area (Å²) in [5.41, 5.74) is 1.18. The number of carbonyl (C=O) groups is 2. The molecule has 98 valence electrons. The highest BCUT2D eigenvalue weighted by atomic mass is 32.2. The van der Waals surface area contributed by atoms with Crippen LogP contribution in [0.4, 0.5) is 0 Å². The number of hydrogen-bond donors (Lipinski definition) is 2. The van der Waals surface area contributed by atoms with Gasteiger partial charge in [-0.05, 0) is 13.0 Å². The van der Waals surface area contributed by atoms with Crippen LogP contribution in [0, 0.1) is 6.92 Å². The molecule has 0 aromatic carbocycles. The second-order valence-electron chi connectivity index (χ2n) is 4.26. The normalized spacial score (nSPS) is 19.8. The molecule has 0 aliphatic carbocycles. The van der Waals surface area contributed by atoms with Gasteiger partial charge in [-0.15, -0.1) is 0 Å². The van der Waals surface area contributed by atoms with Crippen LogP contribution in [0.25, 0.3) is 0 Å². The van der Waals surface area contributed by atoms with Crippen molar-refractivity contribution in [1.29, 1.82) is 0 Å². The van der Waals surface area contributed by atoms with E-state index in [-0.39, 0.29) is 18.4 Å². The fourth-order valence-electron chi connectivity index (χ4n) is 1.97. The van der Waals surface area contributed by atoms with E-state index in [1.165, 1.54) is 0 Å². The van der Waals surface area contributed by atoms with Crippen LogP contribution in [0.1, 0.15) is 22.6 Å². The number of rotatable bonds is 3. The van der Waals surface area contributed by atoms with Crippen molar-refractivity contribution in [2.24, 2.45) is 0 Å². The standard InChI is InChI=1S/C11H15N3O3S/c1-7-4-9(13-12-7)11(17)14-2-3-18-6-8(14)5-10(15)16/h4,8H,2-3,5-6H2,1H3,(H,12,13)(H,15,16). The summed E-state index contributed by atoms with van der Waals surface area (Å²) in [6, 6.07) is 1.44. The highest BCUT2D eigenvalue weighted by Gasteiger charge is 2.30. The summed E-state index contributed by atoms with van der Waals surface area (Å²) >= 11 is 1.68. The van der Waals surface area contributed by atoms with Gasteiger partial charge >= 0.3 is 5.97 Å². The molecular weight excluding hydrogens is 254 g/mol. The number of thioether (sulfide) groups is 1. The molecule has 2 N–H and O–H groups in total. The third-order valence-corrected chi connectivity index (χ3v) is 3.92. The molecule has 1 atom stereocenters. The number of nitrogens with one attached hydrogen (secondary N) is 1. The number of aryl methyl sites for hydroxylation is 1. The topological polar surface area (TPSA) is 86.3 Å². The van der Waals surface area contributed by atoms with Crippen molar-refractivity contribution in [1.82, 2.24) is 15.1 Å². The first-order chi connectivity index (χ1) is 8.58. The number of carboxylic acids is 1. The average molecular weight is 269 g/mol. The highest BCUT2D eigenvalue weighted by Crippen LogP contribution is 2.21. The fourth-order valence-corrected chi connectivity index (χ4v) is 3.03. The zero-order valence-electron chi connectivity index (χ0n) is 10.0. The molecule has 1 aliphatic heterocycles. The van der Waals surface area contributed by atoms with E-state index >= 15 is 0 Å². The summed E-state index contributed by atoms with van der Waals surface area (Å²) in [5, 5.41) is 15.5. The summed E-state index contributed by atoms with van der Waals surface area (Å²) in [6.45, 7) is 2.40. The molecule has 7 heteroatoms. The number of nitrogens with zero attached hydrogens (tertiary/aromatic N) is 2. The van der Waals surface area contributed by atoms with Crippen LogP contribution in [0.15, 0.2) is 6.07 Å². The fraction of sp³-hybridized carbons (Fsp3) is 0.545. The van der Waals surface area contributed by atoms with Crippen molar-refractivity contribution in [3.05, 3.63) is 17.5 Å². The Balaban J connectivity index is 2.13. The quantitative estimate of drug-likeness (QED) is 0.845. The lowest BCUT2D eigenvalue weighted by atomic mass is 10.2. The van der Waals surface area contributed by atoms with Gasteiger partial charge in [0.05, 0.1) is 12.5 Å². The SMILES string of the molecule is Cc1cc(C(=O)N2CCSCC2CC(=O)O)n[nH]1. The van der Waals surface area contributed by atoms with Crippen LogP contribution in [0.2, 0.25) is 0 Å². The van der Waals surface area contributed by atoms with Gasteiger partial charge in [0.2, 0.25) is 0 Å². The van der Waals surface area contributed by atoms with E-state index in [1.54, 1.807) is 22.7 Å². The Kier molecular flexibility index (Phi) is 3.90. The number of carboxylic acid groups (broad SMARTS) is 1. The van der Waals surface area contributed by atoms with Gasteiger partial charge in [0.25, 0.3) is 5.91 Å². The number of H-pyrrole nitrogens is 1. The molecule has 1 amide bonds. The summed E-state index contributed by atoms with van der Waals surface area (Å²) in [5.74, 6) is 0.441. The smallest absolute Gasteiger partial charge is 0.305 e. The Morgan fingerprint density at radius 1 is 1.67 bits per heavy atom. The molecule has 1 unspecified atom stereocenters. The van der Waals surface area contributed by atoms with Crippen molar-refractivity contribution in [3.8, 4) is 0 Å². The second-order valence-corrected chi connectivity index (χ2v) is 5.41. The van der Waals surface area contributed by atoms with Crippen molar-refractivity contribution in [2.75, 3.05) is 18.1 Å². The average Bonchev–Trinajstić information content (AvgIpc) is 2.75. The molecular formula is C11H15N3O3S. The molecule has 0 bridgehead atoms. The molecule has 2 rings (SSSR count). The van der Waals surface area contributed by atoms with Crippen LogP contribution in [-0.2, 0) is 4.79 Å². The third-order valence-electron chi connectivity index (χ3n) is 2.82. The highest BCUT2D eigenvalue weighted by molar-refractivity contribution is 7.99. The van der Waals surface area contributed by atoms with Gasteiger partial charge < -0.3 is 10.0 Å². The molecule has 0 saturated carbocycles. The zero-order valence-corrected chi connectivity index (χ0v) is 10.9. The van der Waals surface area contributed by atoms with Gasteiger partial charge in [-0.2, -0.15) is 16.9 Å². The lowest BCUT2D eigenvalue weighted by Gasteiger charge is -2.34. The van der Waals surface area contributed by atoms with Gasteiger partial charge in [0, 0.05) is 23.7 Å². The van der Waals surface area contributed by atoms with Gasteiger partial charge in [-0.3, -0.25) is 14.7 Å². The van der Waals surface area contributed by atoms with Crippen molar-refractivity contribution >= 4 is 23.6 Å². The minimum absolute atomic E-state index is 0.0118. The van der Waals surface area contributed by atoms with Crippen LogP contribution in [0.5, 0.6) is 0 Å². The minimum atomic E-state index is -0.876. The molecule has 1 aromatic rings. The molecule has 2 heterocycles. The lowest BCUT2D eigenvalue weighted by Crippen LogP contribution is -2.47. The van der Waals surface area contributed by atoms with E-state index in [1.807, 2.05) is 6.92 Å². The molecule has 6 nitrogen and oxygen atoms in total. The summed E-state index contributed by atoms with van der Waals surface area (Å²) in [6.07, 6.45) is -0.0118. The van der Waals surface area contributed by atoms with E-state index in [0.29, 0.717) is 18.0 Å². The number of carbonyl (C=O) groups excluding carboxylic acids is 1. The largest absolute Gasteiger partial charge is 0.481 e. The molecule has 1 aliphatic rings. The van der Waals surface area contributed by atoms with E-state index in [2.05, 4.69) is 10.2 Å². The van der Waals surface area contributed by atoms with E-state index < -0.39 is 5.97 Å².